The highest BCUT2D eigenvalue weighted by Gasteiger charge is 2.18. The number of nitriles is 1. The first-order valence-corrected chi connectivity index (χ1v) is 7.20. The molecule has 0 atom stereocenters. The predicted molar refractivity (Wildman–Crippen MR) is 85.1 cm³/mol. The van der Waals surface area contributed by atoms with Gasteiger partial charge in [-0.15, -0.1) is 0 Å². The number of aromatic nitrogens is 3. The maximum absolute atomic E-state index is 12.7. The van der Waals surface area contributed by atoms with Crippen molar-refractivity contribution in [3.8, 4) is 17.3 Å². The second kappa shape index (κ2) is 5.32. The van der Waals surface area contributed by atoms with Gasteiger partial charge in [0, 0.05) is 10.6 Å². The minimum atomic E-state index is -0.213. The predicted octanol–water partition coefficient (Wildman–Crippen LogP) is 3.34. The van der Waals surface area contributed by atoms with Gasteiger partial charge in [0.2, 0.25) is 0 Å². The largest absolute Gasteiger partial charge is 0.338 e. The molecule has 0 saturated heterocycles. The van der Waals surface area contributed by atoms with Crippen molar-refractivity contribution in [2.75, 3.05) is 0 Å². The summed E-state index contributed by atoms with van der Waals surface area (Å²) in [5.41, 5.74) is 2.70. The van der Waals surface area contributed by atoms with Crippen molar-refractivity contribution >= 4 is 17.2 Å². The normalized spacial score (nSPS) is 11.0. The molecular formula is C16H13ClN4O. The van der Waals surface area contributed by atoms with Crippen LogP contribution in [0.25, 0.3) is 16.9 Å². The van der Waals surface area contributed by atoms with Gasteiger partial charge in [-0.05, 0) is 23.6 Å². The molecule has 0 radical (unpaired) electrons. The second-order valence-corrected chi connectivity index (χ2v) is 5.75. The van der Waals surface area contributed by atoms with Gasteiger partial charge in [0.1, 0.15) is 11.6 Å². The standard InChI is InChI=1S/C16H13ClN4O/c1-9(2)13-14(10-3-5-12(17)6-4-10)20-15-11(7-18)8-19-21(15)16(13)22/h3-6,8-9,20H,1-2H3. The Morgan fingerprint density at radius 3 is 2.59 bits per heavy atom. The highest BCUT2D eigenvalue weighted by atomic mass is 35.5. The summed E-state index contributed by atoms with van der Waals surface area (Å²) in [5.74, 6) is 0.00793. The summed E-state index contributed by atoms with van der Waals surface area (Å²) >= 11 is 5.93. The van der Waals surface area contributed by atoms with Gasteiger partial charge in [0.25, 0.3) is 5.56 Å². The molecule has 0 aliphatic carbocycles. The molecule has 6 heteroatoms. The molecule has 0 aliphatic rings. The van der Waals surface area contributed by atoms with Crippen molar-refractivity contribution in [2.45, 2.75) is 19.8 Å². The molecule has 3 rings (SSSR count). The molecule has 1 aromatic carbocycles. The third-order valence-corrected chi connectivity index (χ3v) is 3.79. The number of H-pyrrole nitrogens is 1. The van der Waals surface area contributed by atoms with Crippen molar-refractivity contribution < 1.29 is 0 Å². The van der Waals surface area contributed by atoms with Gasteiger partial charge in [-0.1, -0.05) is 37.6 Å². The molecule has 0 fully saturated rings. The van der Waals surface area contributed by atoms with E-state index >= 15 is 0 Å². The Labute approximate surface area is 131 Å². The van der Waals surface area contributed by atoms with Crippen molar-refractivity contribution in [3.63, 3.8) is 0 Å². The van der Waals surface area contributed by atoms with E-state index in [9.17, 15) is 4.79 Å². The van der Waals surface area contributed by atoms with Crippen molar-refractivity contribution in [2.24, 2.45) is 0 Å². The summed E-state index contributed by atoms with van der Waals surface area (Å²) in [4.78, 5) is 15.9. The summed E-state index contributed by atoms with van der Waals surface area (Å²) in [7, 11) is 0. The van der Waals surface area contributed by atoms with E-state index in [-0.39, 0.29) is 11.5 Å². The first-order valence-electron chi connectivity index (χ1n) is 6.83. The highest BCUT2D eigenvalue weighted by molar-refractivity contribution is 6.30. The van der Waals surface area contributed by atoms with E-state index in [0.717, 1.165) is 5.56 Å². The topological polar surface area (TPSA) is 73.9 Å². The van der Waals surface area contributed by atoms with Crippen molar-refractivity contribution in [3.05, 3.63) is 57.0 Å². The Balaban J connectivity index is 2.41. The lowest BCUT2D eigenvalue weighted by atomic mass is 9.98. The van der Waals surface area contributed by atoms with Crippen LogP contribution in [0.1, 0.15) is 30.9 Å². The summed E-state index contributed by atoms with van der Waals surface area (Å²) in [6.07, 6.45) is 1.39. The lowest BCUT2D eigenvalue weighted by Crippen LogP contribution is -2.22. The molecule has 3 aromatic rings. The van der Waals surface area contributed by atoms with E-state index < -0.39 is 0 Å². The number of halogens is 1. The number of hydrogen-bond donors (Lipinski definition) is 1. The van der Waals surface area contributed by atoms with Crippen LogP contribution in [0.15, 0.2) is 35.3 Å². The zero-order chi connectivity index (χ0) is 15.9. The van der Waals surface area contributed by atoms with E-state index in [4.69, 9.17) is 16.9 Å². The van der Waals surface area contributed by atoms with Crippen LogP contribution in [-0.4, -0.2) is 14.6 Å². The number of fused-ring (bicyclic) bond motifs is 1. The Bertz CT molecular complexity index is 945. The van der Waals surface area contributed by atoms with Gasteiger partial charge >= 0.3 is 0 Å². The van der Waals surface area contributed by atoms with Crippen LogP contribution < -0.4 is 5.56 Å². The van der Waals surface area contributed by atoms with Crippen molar-refractivity contribution in [1.29, 1.82) is 5.26 Å². The number of nitrogens with zero attached hydrogens (tertiary/aromatic N) is 3. The van der Waals surface area contributed by atoms with E-state index in [1.165, 1.54) is 10.7 Å². The zero-order valence-electron chi connectivity index (χ0n) is 12.1. The first kappa shape index (κ1) is 14.4. The molecule has 2 aromatic heterocycles. The third-order valence-electron chi connectivity index (χ3n) is 3.54. The summed E-state index contributed by atoms with van der Waals surface area (Å²) in [6.45, 7) is 3.90. The van der Waals surface area contributed by atoms with E-state index in [1.807, 2.05) is 32.0 Å². The Kier molecular flexibility index (Phi) is 3.47. The fourth-order valence-corrected chi connectivity index (χ4v) is 2.62. The minimum Gasteiger partial charge on any atom is -0.338 e. The first-order chi connectivity index (χ1) is 10.5. The molecule has 2 heterocycles. The van der Waals surface area contributed by atoms with Crippen LogP contribution >= 0.6 is 11.6 Å². The summed E-state index contributed by atoms with van der Waals surface area (Å²) in [6, 6.07) is 9.27. The zero-order valence-corrected chi connectivity index (χ0v) is 12.8. The average molecular weight is 313 g/mol. The van der Waals surface area contributed by atoms with Gasteiger partial charge in [-0.3, -0.25) is 4.79 Å². The molecule has 5 nitrogen and oxygen atoms in total. The summed E-state index contributed by atoms with van der Waals surface area (Å²) in [5, 5.41) is 13.8. The molecule has 0 amide bonds. The SMILES string of the molecule is CC(C)c1c(-c2ccc(Cl)cc2)[nH]c2c(C#N)cnn2c1=O. The fraction of sp³-hybridized carbons (Fsp3) is 0.188. The third kappa shape index (κ3) is 2.18. The van der Waals surface area contributed by atoms with Gasteiger partial charge in [0.05, 0.1) is 11.9 Å². The molecule has 0 unspecified atom stereocenters. The second-order valence-electron chi connectivity index (χ2n) is 5.31. The van der Waals surface area contributed by atoms with Crippen LogP contribution in [0, 0.1) is 11.3 Å². The molecule has 0 bridgehead atoms. The smallest absolute Gasteiger partial charge is 0.278 e. The van der Waals surface area contributed by atoms with Crippen LogP contribution in [0.2, 0.25) is 5.02 Å². The fourth-order valence-electron chi connectivity index (χ4n) is 2.49. The Morgan fingerprint density at radius 2 is 2.00 bits per heavy atom. The van der Waals surface area contributed by atoms with E-state index in [0.29, 0.717) is 27.5 Å². The van der Waals surface area contributed by atoms with E-state index in [2.05, 4.69) is 10.1 Å². The maximum Gasteiger partial charge on any atom is 0.278 e. The van der Waals surface area contributed by atoms with Crippen molar-refractivity contribution in [1.82, 2.24) is 14.6 Å². The Hall–Kier alpha value is -2.58. The Morgan fingerprint density at radius 1 is 1.32 bits per heavy atom. The van der Waals surface area contributed by atoms with Gasteiger partial charge in [-0.25, -0.2) is 0 Å². The van der Waals surface area contributed by atoms with E-state index in [1.54, 1.807) is 12.1 Å². The molecular weight excluding hydrogens is 300 g/mol. The minimum absolute atomic E-state index is 0.00793. The van der Waals surface area contributed by atoms with Crippen LogP contribution in [-0.2, 0) is 0 Å². The number of rotatable bonds is 2. The highest BCUT2D eigenvalue weighted by Crippen LogP contribution is 2.27. The van der Waals surface area contributed by atoms with Gasteiger partial charge in [0.15, 0.2) is 5.65 Å². The monoisotopic (exact) mass is 312 g/mol. The van der Waals surface area contributed by atoms with Crippen LogP contribution in [0.3, 0.4) is 0 Å². The summed E-state index contributed by atoms with van der Waals surface area (Å²) < 4.78 is 1.24. The number of nitrogens with one attached hydrogen (secondary N) is 1. The van der Waals surface area contributed by atoms with Crippen LogP contribution in [0.4, 0.5) is 0 Å². The number of hydrogen-bond acceptors (Lipinski definition) is 3. The molecule has 0 aliphatic heterocycles. The molecule has 22 heavy (non-hydrogen) atoms. The number of benzene rings is 1. The molecule has 0 saturated carbocycles. The molecule has 110 valence electrons. The quantitative estimate of drug-likeness (QED) is 0.788. The lowest BCUT2D eigenvalue weighted by Gasteiger charge is -2.13. The molecule has 1 N–H and O–H groups in total. The van der Waals surface area contributed by atoms with Gasteiger partial charge in [-0.2, -0.15) is 14.9 Å². The van der Waals surface area contributed by atoms with Crippen LogP contribution in [0.5, 0.6) is 0 Å². The number of aromatic amines is 1. The maximum atomic E-state index is 12.7. The van der Waals surface area contributed by atoms with Gasteiger partial charge < -0.3 is 4.98 Å². The molecule has 0 spiro atoms. The lowest BCUT2D eigenvalue weighted by molar-refractivity contribution is 0.797. The average Bonchev–Trinajstić information content (AvgIpc) is 2.90.